The van der Waals surface area contributed by atoms with Gasteiger partial charge in [-0.15, -0.1) is 0 Å². The maximum atomic E-state index is 10.4. The van der Waals surface area contributed by atoms with Crippen molar-refractivity contribution in [1.82, 2.24) is 5.32 Å². The van der Waals surface area contributed by atoms with Gasteiger partial charge in [-0.1, -0.05) is 0 Å². The monoisotopic (exact) mass is 183 g/mol. The van der Waals surface area contributed by atoms with Gasteiger partial charge in [0.1, 0.15) is 0 Å². The first-order valence-corrected chi connectivity index (χ1v) is 3.29. The van der Waals surface area contributed by atoms with Crippen molar-refractivity contribution in [3.8, 4) is 0 Å². The average molecular weight is 183 g/mol. The molecule has 1 heterocycles. The second-order valence-electron chi connectivity index (χ2n) is 2.55. The van der Waals surface area contributed by atoms with Crippen molar-refractivity contribution >= 4 is 11.9 Å². The summed E-state index contributed by atoms with van der Waals surface area (Å²) in [6.45, 7) is 0.513. The summed E-state index contributed by atoms with van der Waals surface area (Å²) in [5.41, 5.74) is 0. The first-order valence-electron chi connectivity index (χ1n) is 3.29. The number of rotatable bonds is 2. The van der Waals surface area contributed by atoms with Crippen molar-refractivity contribution in [3.05, 3.63) is 0 Å². The van der Waals surface area contributed by atoms with E-state index in [0.29, 0.717) is 0 Å². The minimum Gasteiger partial charge on any atom is -1.00 e. The van der Waals surface area contributed by atoms with Gasteiger partial charge in [0.25, 0.3) is 0 Å². The summed E-state index contributed by atoms with van der Waals surface area (Å²) < 4.78 is 0. The van der Waals surface area contributed by atoms with Crippen LogP contribution in [-0.2, 0) is 9.59 Å². The molecule has 3 N–H and O–H groups in total. The van der Waals surface area contributed by atoms with Gasteiger partial charge in [0.05, 0.1) is 11.8 Å². The third kappa shape index (κ3) is 2.45. The van der Waals surface area contributed by atoms with Crippen LogP contribution in [0.5, 0.6) is 0 Å². The van der Waals surface area contributed by atoms with Crippen LogP contribution in [-0.4, -0.2) is 35.2 Å². The number of hydrogen-bond acceptors (Lipinski definition) is 3. The molecule has 0 aromatic rings. The summed E-state index contributed by atoms with van der Waals surface area (Å²) >= 11 is 0. The van der Waals surface area contributed by atoms with Crippen LogP contribution in [0, 0.1) is 11.8 Å². The van der Waals surface area contributed by atoms with E-state index in [2.05, 4.69) is 5.32 Å². The Morgan fingerprint density at radius 3 is 1.75 bits per heavy atom. The molecule has 0 aromatic carbocycles. The van der Waals surface area contributed by atoms with Crippen LogP contribution in [0.3, 0.4) is 0 Å². The van der Waals surface area contributed by atoms with Crippen LogP contribution in [0.25, 0.3) is 0 Å². The second kappa shape index (κ2) is 4.81. The van der Waals surface area contributed by atoms with Gasteiger partial charge in [-0.25, -0.2) is 0 Å². The zero-order valence-corrected chi connectivity index (χ0v) is 8.78. The quantitative estimate of drug-likeness (QED) is 0.381. The van der Waals surface area contributed by atoms with Crippen molar-refractivity contribution in [3.63, 3.8) is 0 Å². The summed E-state index contributed by atoms with van der Waals surface area (Å²) in [7, 11) is 0. The van der Waals surface area contributed by atoms with E-state index in [1.54, 1.807) is 0 Å². The van der Waals surface area contributed by atoms with Crippen LogP contribution < -0.4 is 34.9 Å². The van der Waals surface area contributed by atoms with Crippen molar-refractivity contribution in [2.45, 2.75) is 0 Å². The largest absolute Gasteiger partial charge is 1.00 e. The summed E-state index contributed by atoms with van der Waals surface area (Å²) in [5, 5.41) is 19.8. The van der Waals surface area contributed by atoms with Crippen molar-refractivity contribution in [2.75, 3.05) is 13.1 Å². The Balaban J connectivity index is 0. The number of carboxylic acids is 2. The van der Waals surface area contributed by atoms with Crippen LogP contribution in [0.4, 0.5) is 0 Å². The fraction of sp³-hybridized carbons (Fsp3) is 0.667. The molecule has 12 heavy (non-hydrogen) atoms. The Kier molecular flexibility index (Phi) is 4.77. The van der Waals surface area contributed by atoms with Gasteiger partial charge < -0.3 is 17.0 Å². The molecule has 64 valence electrons. The van der Waals surface area contributed by atoms with Gasteiger partial charge in [0.2, 0.25) is 0 Å². The molecule has 0 spiro atoms. The Morgan fingerprint density at radius 1 is 1.17 bits per heavy atom. The summed E-state index contributed by atoms with van der Waals surface area (Å²) in [6, 6.07) is 0. The first kappa shape index (κ1) is 11.9. The topological polar surface area (TPSA) is 86.6 Å². The van der Waals surface area contributed by atoms with E-state index in [0.717, 1.165) is 0 Å². The second-order valence-corrected chi connectivity index (χ2v) is 2.55. The predicted molar refractivity (Wildman–Crippen MR) is 36.2 cm³/mol. The summed E-state index contributed by atoms with van der Waals surface area (Å²) in [5.74, 6) is -3.62. The Hall–Kier alpha value is -0.100. The van der Waals surface area contributed by atoms with Crippen molar-refractivity contribution in [2.24, 2.45) is 11.8 Å². The Morgan fingerprint density at radius 2 is 1.50 bits per heavy atom. The van der Waals surface area contributed by atoms with Gasteiger partial charge in [0, 0.05) is 13.1 Å². The van der Waals surface area contributed by atoms with Gasteiger partial charge in [-0.2, -0.15) is 0 Å². The van der Waals surface area contributed by atoms with E-state index in [9.17, 15) is 9.59 Å². The van der Waals surface area contributed by atoms with Crippen LogP contribution in [0.15, 0.2) is 0 Å². The number of carboxylic acid groups (broad SMARTS) is 2. The number of hydrogen-bond donors (Lipinski definition) is 3. The van der Waals surface area contributed by atoms with Gasteiger partial charge in [0.15, 0.2) is 0 Å². The molecule has 0 amide bonds. The molecule has 0 radical (unpaired) electrons. The summed E-state index contributed by atoms with van der Waals surface area (Å²) in [6.07, 6.45) is 0. The van der Waals surface area contributed by atoms with Crippen molar-refractivity contribution < 1.29 is 50.8 Å². The molecule has 2 atom stereocenters. The first-order chi connectivity index (χ1) is 5.13. The third-order valence-electron chi connectivity index (χ3n) is 1.85. The molecule has 6 heteroatoms. The molecule has 1 saturated heterocycles. The minimum absolute atomic E-state index is 0. The molecular formula is C6H10NNaO4. The molecule has 1 aliphatic rings. The van der Waals surface area contributed by atoms with Gasteiger partial charge in [-0.3, -0.25) is 9.59 Å². The fourth-order valence-corrected chi connectivity index (χ4v) is 1.20. The Bertz CT molecular complexity index is 181. The standard InChI is InChI=1S/C6H9NO4.Na.H/c8-5(9)3-1-7-2-4(3)6(10)11;;/h3-4,7H,1-2H2,(H,8,9)(H,10,11);;/q;+1;-1. The zero-order chi connectivity index (χ0) is 8.43. The molecule has 0 aliphatic carbocycles. The number of carbonyl (C=O) groups is 2. The van der Waals surface area contributed by atoms with E-state index in [-0.39, 0.29) is 44.1 Å². The predicted octanol–water partition coefficient (Wildman–Crippen LogP) is -3.89. The normalized spacial score (nSPS) is 27.7. The molecule has 0 aromatic heterocycles. The molecule has 1 fully saturated rings. The molecule has 0 saturated carbocycles. The number of nitrogens with one attached hydrogen (secondary N) is 1. The van der Waals surface area contributed by atoms with E-state index in [4.69, 9.17) is 10.2 Å². The molecule has 5 nitrogen and oxygen atoms in total. The summed E-state index contributed by atoms with van der Waals surface area (Å²) in [4.78, 5) is 20.8. The zero-order valence-electron chi connectivity index (χ0n) is 7.78. The fourth-order valence-electron chi connectivity index (χ4n) is 1.20. The van der Waals surface area contributed by atoms with Crippen molar-refractivity contribution in [1.29, 1.82) is 0 Å². The maximum Gasteiger partial charge on any atom is 1.00 e. The molecular weight excluding hydrogens is 173 g/mol. The Labute approximate surface area is 92.9 Å². The van der Waals surface area contributed by atoms with Crippen LogP contribution >= 0.6 is 0 Å². The van der Waals surface area contributed by atoms with E-state index < -0.39 is 23.8 Å². The van der Waals surface area contributed by atoms with Crippen LogP contribution in [0.2, 0.25) is 0 Å². The van der Waals surface area contributed by atoms with E-state index >= 15 is 0 Å². The number of aliphatic carboxylic acids is 2. The average Bonchev–Trinajstić information content (AvgIpc) is 2.32. The van der Waals surface area contributed by atoms with E-state index in [1.165, 1.54) is 0 Å². The van der Waals surface area contributed by atoms with E-state index in [1.807, 2.05) is 0 Å². The smallest absolute Gasteiger partial charge is 1.00 e. The SMILES string of the molecule is O=C(O)C1CNCC1C(=O)O.[H-].[Na+]. The maximum absolute atomic E-state index is 10.4. The van der Waals surface area contributed by atoms with Gasteiger partial charge in [-0.05, 0) is 0 Å². The third-order valence-corrected chi connectivity index (χ3v) is 1.85. The van der Waals surface area contributed by atoms with Crippen LogP contribution in [0.1, 0.15) is 1.43 Å². The molecule has 1 rings (SSSR count). The molecule has 2 unspecified atom stereocenters. The molecule has 1 aliphatic heterocycles. The minimum atomic E-state index is -1.04. The van der Waals surface area contributed by atoms with Gasteiger partial charge >= 0.3 is 41.5 Å². The molecule has 0 bridgehead atoms.